The predicted octanol–water partition coefficient (Wildman–Crippen LogP) is 5.11. The highest BCUT2D eigenvalue weighted by Crippen LogP contribution is 2.29. The summed E-state index contributed by atoms with van der Waals surface area (Å²) in [5, 5.41) is 21.6. The van der Waals surface area contributed by atoms with E-state index in [0.29, 0.717) is 12.1 Å². The summed E-state index contributed by atoms with van der Waals surface area (Å²) in [7, 11) is 0. The Morgan fingerprint density at radius 2 is 1.93 bits per heavy atom. The van der Waals surface area contributed by atoms with Gasteiger partial charge in [-0.3, -0.25) is 4.79 Å². The number of thioether (sulfide) groups is 2. The molecule has 0 saturated heterocycles. The molecule has 1 atom stereocenters. The third-order valence-corrected chi connectivity index (χ3v) is 6.88. The van der Waals surface area contributed by atoms with E-state index in [1.807, 2.05) is 6.92 Å². The predicted molar refractivity (Wildman–Crippen MR) is 123 cm³/mol. The molecule has 6 nitrogen and oxygen atoms in total. The van der Waals surface area contributed by atoms with Crippen LogP contribution < -0.4 is 5.32 Å². The van der Waals surface area contributed by atoms with E-state index < -0.39 is 0 Å². The molecule has 2 aromatic carbocycles. The maximum absolute atomic E-state index is 12.7. The minimum atomic E-state index is -0.306. The van der Waals surface area contributed by atoms with E-state index in [1.165, 1.54) is 28.3 Å². The van der Waals surface area contributed by atoms with Crippen molar-refractivity contribution in [3.05, 3.63) is 59.9 Å². The van der Waals surface area contributed by atoms with E-state index in [9.17, 15) is 9.90 Å². The Labute approximate surface area is 185 Å². The molecule has 0 radical (unpaired) electrons. The molecule has 0 aliphatic heterocycles. The zero-order chi connectivity index (χ0) is 21.5. The van der Waals surface area contributed by atoms with Gasteiger partial charge in [-0.25, -0.2) is 0 Å². The van der Waals surface area contributed by atoms with Gasteiger partial charge in [-0.05, 0) is 44.5 Å². The van der Waals surface area contributed by atoms with Crippen LogP contribution in [0, 0.1) is 6.92 Å². The van der Waals surface area contributed by atoms with Crippen molar-refractivity contribution in [1.82, 2.24) is 14.8 Å². The number of anilines is 1. The minimum Gasteiger partial charge on any atom is -0.508 e. The standard InChI is InChI=1S/C22H26N4O2S2/c1-4-19(21(28)23-16-7-6-8-17(27)13-16)30-22-25-24-20(26(22)5-2)14-29-18-11-9-15(3)10-12-18/h6-13,19,27H,4-5,14H2,1-3H3,(H,23,28). The molecule has 0 aliphatic carbocycles. The molecule has 1 amide bonds. The van der Waals surface area contributed by atoms with Crippen LogP contribution in [0.3, 0.4) is 0 Å². The molecule has 1 heterocycles. The van der Waals surface area contributed by atoms with Gasteiger partial charge in [0.15, 0.2) is 5.16 Å². The summed E-state index contributed by atoms with van der Waals surface area (Å²) >= 11 is 3.15. The quantitative estimate of drug-likeness (QED) is 0.448. The van der Waals surface area contributed by atoms with Crippen molar-refractivity contribution in [2.75, 3.05) is 5.32 Å². The van der Waals surface area contributed by atoms with Crippen molar-refractivity contribution in [2.24, 2.45) is 0 Å². The largest absolute Gasteiger partial charge is 0.508 e. The number of hydrogen-bond donors (Lipinski definition) is 2. The van der Waals surface area contributed by atoms with Crippen LogP contribution in [-0.4, -0.2) is 31.0 Å². The van der Waals surface area contributed by atoms with Crippen molar-refractivity contribution >= 4 is 35.1 Å². The second kappa shape index (κ2) is 10.5. The second-order valence-corrected chi connectivity index (χ2v) is 9.02. The van der Waals surface area contributed by atoms with Gasteiger partial charge < -0.3 is 15.0 Å². The first-order valence-corrected chi connectivity index (χ1v) is 11.7. The fourth-order valence-corrected chi connectivity index (χ4v) is 4.74. The first-order valence-electron chi connectivity index (χ1n) is 9.88. The van der Waals surface area contributed by atoms with Crippen LogP contribution >= 0.6 is 23.5 Å². The molecule has 2 N–H and O–H groups in total. The van der Waals surface area contributed by atoms with Crippen LogP contribution in [0.4, 0.5) is 5.69 Å². The Hall–Kier alpha value is -2.45. The Morgan fingerprint density at radius 1 is 1.17 bits per heavy atom. The highest BCUT2D eigenvalue weighted by Gasteiger charge is 2.22. The van der Waals surface area contributed by atoms with Gasteiger partial charge in [0, 0.05) is 23.2 Å². The number of rotatable bonds is 9. The van der Waals surface area contributed by atoms with Gasteiger partial charge >= 0.3 is 0 Å². The average Bonchev–Trinajstić information content (AvgIpc) is 3.13. The summed E-state index contributed by atoms with van der Waals surface area (Å²) in [6, 6.07) is 15.0. The lowest BCUT2D eigenvalue weighted by molar-refractivity contribution is -0.115. The van der Waals surface area contributed by atoms with Gasteiger partial charge in [-0.1, -0.05) is 42.4 Å². The SMILES string of the molecule is CCC(Sc1nnc(CSc2ccc(C)cc2)n1CC)C(=O)Nc1cccc(O)c1. The molecular formula is C22H26N4O2S2. The van der Waals surface area contributed by atoms with Crippen LogP contribution in [0.2, 0.25) is 0 Å². The monoisotopic (exact) mass is 442 g/mol. The van der Waals surface area contributed by atoms with E-state index in [0.717, 1.165) is 23.3 Å². The molecule has 1 aromatic heterocycles. The van der Waals surface area contributed by atoms with Crippen molar-refractivity contribution in [3.8, 4) is 5.75 Å². The van der Waals surface area contributed by atoms with E-state index in [4.69, 9.17) is 0 Å². The maximum atomic E-state index is 12.7. The second-order valence-electron chi connectivity index (χ2n) is 6.80. The Kier molecular flexibility index (Phi) is 7.81. The molecule has 0 bridgehead atoms. The zero-order valence-corrected chi connectivity index (χ0v) is 19.0. The highest BCUT2D eigenvalue weighted by molar-refractivity contribution is 8.00. The first-order chi connectivity index (χ1) is 14.5. The molecule has 8 heteroatoms. The van der Waals surface area contributed by atoms with E-state index >= 15 is 0 Å². The molecule has 0 fully saturated rings. The molecule has 0 saturated carbocycles. The fourth-order valence-electron chi connectivity index (χ4n) is 2.87. The number of hydrogen-bond acceptors (Lipinski definition) is 6. The van der Waals surface area contributed by atoms with E-state index in [-0.39, 0.29) is 16.9 Å². The van der Waals surface area contributed by atoms with E-state index in [2.05, 4.69) is 58.2 Å². The molecule has 0 aliphatic rings. The number of amides is 1. The van der Waals surface area contributed by atoms with Gasteiger partial charge in [0.05, 0.1) is 11.0 Å². The van der Waals surface area contributed by atoms with Gasteiger partial charge in [-0.2, -0.15) is 0 Å². The van der Waals surface area contributed by atoms with Crippen LogP contribution in [-0.2, 0) is 17.1 Å². The number of aryl methyl sites for hydroxylation is 1. The topological polar surface area (TPSA) is 80.0 Å². The number of carbonyl (C=O) groups is 1. The lowest BCUT2D eigenvalue weighted by atomic mass is 10.2. The Bertz CT molecular complexity index is 989. The molecule has 158 valence electrons. The highest BCUT2D eigenvalue weighted by atomic mass is 32.2. The van der Waals surface area contributed by atoms with Crippen molar-refractivity contribution < 1.29 is 9.90 Å². The van der Waals surface area contributed by atoms with Gasteiger partial charge in [0.2, 0.25) is 5.91 Å². The summed E-state index contributed by atoms with van der Waals surface area (Å²) in [6.07, 6.45) is 0.652. The zero-order valence-electron chi connectivity index (χ0n) is 17.3. The number of nitrogens with zero attached hydrogens (tertiary/aromatic N) is 3. The van der Waals surface area contributed by atoms with Gasteiger partial charge in [0.25, 0.3) is 0 Å². The molecule has 30 heavy (non-hydrogen) atoms. The minimum absolute atomic E-state index is 0.116. The summed E-state index contributed by atoms with van der Waals surface area (Å²) in [5.41, 5.74) is 1.82. The van der Waals surface area contributed by atoms with E-state index in [1.54, 1.807) is 30.0 Å². The third-order valence-electron chi connectivity index (χ3n) is 4.52. The van der Waals surface area contributed by atoms with Crippen molar-refractivity contribution in [1.29, 1.82) is 0 Å². The van der Waals surface area contributed by atoms with Crippen LogP contribution in [0.15, 0.2) is 58.6 Å². The smallest absolute Gasteiger partial charge is 0.237 e. The third kappa shape index (κ3) is 5.79. The Morgan fingerprint density at radius 3 is 2.60 bits per heavy atom. The number of phenols is 1. The van der Waals surface area contributed by atoms with Crippen LogP contribution in [0.1, 0.15) is 31.7 Å². The fraction of sp³-hybridized carbons (Fsp3) is 0.318. The molecule has 1 unspecified atom stereocenters. The lowest BCUT2D eigenvalue weighted by Crippen LogP contribution is -2.25. The lowest BCUT2D eigenvalue weighted by Gasteiger charge is -2.15. The Balaban J connectivity index is 1.66. The summed E-state index contributed by atoms with van der Waals surface area (Å²) in [4.78, 5) is 13.9. The molecular weight excluding hydrogens is 416 g/mol. The van der Waals surface area contributed by atoms with Crippen LogP contribution in [0.5, 0.6) is 5.75 Å². The molecule has 3 rings (SSSR count). The average molecular weight is 443 g/mol. The normalized spacial score (nSPS) is 12.0. The summed E-state index contributed by atoms with van der Waals surface area (Å²) in [5.74, 6) is 1.62. The van der Waals surface area contributed by atoms with Crippen molar-refractivity contribution in [2.45, 2.75) is 54.8 Å². The number of aromatic nitrogens is 3. The summed E-state index contributed by atoms with van der Waals surface area (Å²) in [6.45, 7) is 6.85. The number of phenolic OH excluding ortho intramolecular Hbond substituents is 1. The molecule has 0 spiro atoms. The maximum Gasteiger partial charge on any atom is 0.237 e. The first kappa shape index (κ1) is 22.2. The number of benzene rings is 2. The van der Waals surface area contributed by atoms with Gasteiger partial charge in [-0.15, -0.1) is 22.0 Å². The van der Waals surface area contributed by atoms with Crippen molar-refractivity contribution in [3.63, 3.8) is 0 Å². The summed E-state index contributed by atoms with van der Waals surface area (Å²) < 4.78 is 2.07. The number of aromatic hydroxyl groups is 1. The molecule has 3 aromatic rings. The van der Waals surface area contributed by atoms with Crippen LogP contribution in [0.25, 0.3) is 0 Å². The van der Waals surface area contributed by atoms with Gasteiger partial charge in [0.1, 0.15) is 11.6 Å². The number of carbonyl (C=O) groups excluding carboxylic acids is 1. The number of nitrogens with one attached hydrogen (secondary N) is 1.